The fourth-order valence-electron chi connectivity index (χ4n) is 4.22. The maximum atomic E-state index is 10.9. The monoisotopic (exact) mass is 430 g/mol. The Morgan fingerprint density at radius 2 is 1.90 bits per heavy atom. The first-order chi connectivity index (χ1) is 15.1. The third-order valence-corrected chi connectivity index (χ3v) is 6.13. The van der Waals surface area contributed by atoms with Gasteiger partial charge in [-0.2, -0.15) is 5.10 Å². The molecule has 0 aliphatic carbocycles. The molecule has 2 unspecified atom stereocenters. The molecule has 2 fully saturated rings. The lowest BCUT2D eigenvalue weighted by molar-refractivity contribution is -0.150. The molecule has 0 saturated carbocycles. The number of carboxylic acid groups (broad SMARTS) is 1. The summed E-state index contributed by atoms with van der Waals surface area (Å²) in [6.45, 7) is 5.37. The molecular formula is C22H30N4O5. The van der Waals surface area contributed by atoms with Crippen LogP contribution in [0.2, 0.25) is 0 Å². The van der Waals surface area contributed by atoms with Crippen molar-refractivity contribution in [1.82, 2.24) is 9.91 Å². The van der Waals surface area contributed by atoms with Crippen molar-refractivity contribution < 1.29 is 24.6 Å². The van der Waals surface area contributed by atoms with Crippen molar-refractivity contribution in [3.8, 4) is 0 Å². The molecule has 168 valence electrons. The summed E-state index contributed by atoms with van der Waals surface area (Å²) in [5.41, 5.74) is 3.03. The van der Waals surface area contributed by atoms with Gasteiger partial charge in [0.2, 0.25) is 0 Å². The highest BCUT2D eigenvalue weighted by atomic mass is 16.6. The molecule has 4 rings (SSSR count). The number of aliphatic hydroxyl groups is 1. The van der Waals surface area contributed by atoms with Crippen LogP contribution >= 0.6 is 0 Å². The number of aliphatic hydroxyl groups excluding tert-OH is 1. The first-order valence-electron chi connectivity index (χ1n) is 10.9. The average molecular weight is 431 g/mol. The van der Waals surface area contributed by atoms with E-state index in [0.717, 1.165) is 69.2 Å². The lowest BCUT2D eigenvalue weighted by Crippen LogP contribution is -2.43. The van der Waals surface area contributed by atoms with E-state index < -0.39 is 12.1 Å². The average Bonchev–Trinajstić information content (AvgIpc) is 3.27. The second kappa shape index (κ2) is 10.2. The molecule has 2 atom stereocenters. The standard InChI is InChI=1S/C22H30N4O5/c27-21(22(28)29)18-5-7-25(8-6-18)15-19-13-20(24-31-19)17-3-1-16(2-4-17)14-23-26-9-11-30-12-10-26/h1-4,14,18-19,21,27H,5-13,15H2,(H,28,29). The normalized spacial score (nSPS) is 24.2. The Morgan fingerprint density at radius 3 is 2.58 bits per heavy atom. The van der Waals surface area contributed by atoms with Crippen LogP contribution in [0.1, 0.15) is 30.4 Å². The van der Waals surface area contributed by atoms with Crippen LogP contribution in [0.15, 0.2) is 34.5 Å². The minimum absolute atomic E-state index is 0.00138. The lowest BCUT2D eigenvalue weighted by atomic mass is 9.91. The number of rotatable bonds is 7. The summed E-state index contributed by atoms with van der Waals surface area (Å²) in [5.74, 6) is -1.30. The molecule has 9 heteroatoms. The molecule has 0 spiro atoms. The number of carbonyl (C=O) groups is 1. The Labute approximate surface area is 181 Å². The molecule has 2 N–H and O–H groups in total. The number of hydrazone groups is 1. The summed E-state index contributed by atoms with van der Waals surface area (Å²) in [5, 5.41) is 29.5. The van der Waals surface area contributed by atoms with Gasteiger partial charge in [0, 0.05) is 13.0 Å². The summed E-state index contributed by atoms with van der Waals surface area (Å²) in [7, 11) is 0. The minimum Gasteiger partial charge on any atom is -0.479 e. The number of nitrogens with zero attached hydrogens (tertiary/aromatic N) is 4. The van der Waals surface area contributed by atoms with Crippen molar-refractivity contribution >= 4 is 17.9 Å². The first kappa shape index (κ1) is 21.7. The smallest absolute Gasteiger partial charge is 0.332 e. The number of benzene rings is 1. The molecule has 3 aliphatic rings. The Hall–Kier alpha value is -2.49. The molecule has 1 aromatic carbocycles. The van der Waals surface area contributed by atoms with Crippen molar-refractivity contribution in [2.75, 3.05) is 45.9 Å². The van der Waals surface area contributed by atoms with E-state index >= 15 is 0 Å². The van der Waals surface area contributed by atoms with Gasteiger partial charge >= 0.3 is 5.97 Å². The maximum Gasteiger partial charge on any atom is 0.332 e. The molecule has 3 heterocycles. The molecule has 0 amide bonds. The number of hydrogen-bond donors (Lipinski definition) is 2. The van der Waals surface area contributed by atoms with Crippen molar-refractivity contribution in [3.05, 3.63) is 35.4 Å². The third kappa shape index (κ3) is 5.81. The Bertz CT molecular complexity index is 799. The van der Waals surface area contributed by atoms with E-state index in [2.05, 4.69) is 15.2 Å². The van der Waals surface area contributed by atoms with E-state index in [9.17, 15) is 9.90 Å². The summed E-state index contributed by atoms with van der Waals surface area (Å²) in [4.78, 5) is 18.9. The minimum atomic E-state index is -1.26. The van der Waals surface area contributed by atoms with Crippen LogP contribution in [0, 0.1) is 5.92 Å². The second-order valence-corrected chi connectivity index (χ2v) is 8.32. The number of likely N-dealkylation sites (tertiary alicyclic amines) is 1. The van der Waals surface area contributed by atoms with Crippen LogP contribution in [0.3, 0.4) is 0 Å². The molecular weight excluding hydrogens is 400 g/mol. The van der Waals surface area contributed by atoms with Crippen molar-refractivity contribution in [2.45, 2.75) is 31.5 Å². The van der Waals surface area contributed by atoms with Crippen molar-refractivity contribution in [2.24, 2.45) is 16.2 Å². The van der Waals surface area contributed by atoms with Gasteiger partial charge in [0.25, 0.3) is 0 Å². The highest BCUT2D eigenvalue weighted by Gasteiger charge is 2.31. The van der Waals surface area contributed by atoms with Crippen LogP contribution in [-0.2, 0) is 14.4 Å². The first-order valence-corrected chi connectivity index (χ1v) is 10.9. The predicted octanol–water partition coefficient (Wildman–Crippen LogP) is 1.00. The lowest BCUT2D eigenvalue weighted by Gasteiger charge is -2.33. The van der Waals surface area contributed by atoms with E-state index in [-0.39, 0.29) is 12.0 Å². The molecule has 2 saturated heterocycles. The molecule has 31 heavy (non-hydrogen) atoms. The van der Waals surface area contributed by atoms with Gasteiger partial charge in [-0.1, -0.05) is 29.4 Å². The number of piperidine rings is 1. The molecule has 0 bridgehead atoms. The number of morpholine rings is 1. The fourth-order valence-corrected chi connectivity index (χ4v) is 4.22. The quantitative estimate of drug-likeness (QED) is 0.622. The van der Waals surface area contributed by atoms with Gasteiger partial charge in [-0.05, 0) is 43.0 Å². The highest BCUT2D eigenvalue weighted by molar-refractivity contribution is 6.01. The van der Waals surface area contributed by atoms with Gasteiger partial charge in [0.15, 0.2) is 6.10 Å². The third-order valence-electron chi connectivity index (χ3n) is 6.13. The van der Waals surface area contributed by atoms with Crippen LogP contribution < -0.4 is 0 Å². The van der Waals surface area contributed by atoms with Crippen LogP contribution in [0.25, 0.3) is 0 Å². The summed E-state index contributed by atoms with van der Waals surface area (Å²) in [6, 6.07) is 8.16. The van der Waals surface area contributed by atoms with Crippen LogP contribution in [0.4, 0.5) is 0 Å². The molecule has 1 aromatic rings. The van der Waals surface area contributed by atoms with Gasteiger partial charge in [-0.25, -0.2) is 4.79 Å². The van der Waals surface area contributed by atoms with Gasteiger partial charge in [-0.15, -0.1) is 0 Å². The van der Waals surface area contributed by atoms with Crippen LogP contribution in [-0.4, -0.2) is 96.2 Å². The Balaban J connectivity index is 1.22. The topological polar surface area (TPSA) is 107 Å². The van der Waals surface area contributed by atoms with E-state index in [4.69, 9.17) is 14.7 Å². The van der Waals surface area contributed by atoms with Gasteiger partial charge in [0.05, 0.1) is 38.2 Å². The molecule has 0 radical (unpaired) electrons. The number of ether oxygens (including phenoxy) is 1. The molecule has 9 nitrogen and oxygen atoms in total. The number of carboxylic acids is 1. The van der Waals surface area contributed by atoms with Gasteiger partial charge in [-0.3, -0.25) is 9.91 Å². The van der Waals surface area contributed by atoms with Crippen molar-refractivity contribution in [1.29, 1.82) is 0 Å². The SMILES string of the molecule is O=C(O)C(O)C1CCN(CC2CC(c3ccc(C=NN4CCOCC4)cc3)=NO2)CC1. The number of aliphatic carboxylic acids is 1. The largest absolute Gasteiger partial charge is 0.479 e. The van der Waals surface area contributed by atoms with Gasteiger partial charge in [0.1, 0.15) is 6.10 Å². The van der Waals surface area contributed by atoms with Crippen molar-refractivity contribution in [3.63, 3.8) is 0 Å². The summed E-state index contributed by atoms with van der Waals surface area (Å²) >= 11 is 0. The molecule has 0 aromatic heterocycles. The van der Waals surface area contributed by atoms with E-state index in [1.54, 1.807) is 0 Å². The highest BCUT2D eigenvalue weighted by Crippen LogP contribution is 2.23. The fraction of sp³-hybridized carbons (Fsp3) is 0.591. The van der Waals surface area contributed by atoms with E-state index in [1.807, 2.05) is 35.5 Å². The second-order valence-electron chi connectivity index (χ2n) is 8.32. The zero-order chi connectivity index (χ0) is 21.6. The summed E-state index contributed by atoms with van der Waals surface area (Å²) < 4.78 is 5.33. The van der Waals surface area contributed by atoms with E-state index in [0.29, 0.717) is 12.8 Å². The van der Waals surface area contributed by atoms with E-state index in [1.165, 1.54) is 0 Å². The predicted molar refractivity (Wildman–Crippen MR) is 115 cm³/mol. The Kier molecular flexibility index (Phi) is 7.16. The number of hydrogen-bond acceptors (Lipinski definition) is 8. The maximum absolute atomic E-state index is 10.9. The summed E-state index contributed by atoms with van der Waals surface area (Å²) in [6.07, 6.45) is 2.72. The number of oxime groups is 1. The van der Waals surface area contributed by atoms with Crippen LogP contribution in [0.5, 0.6) is 0 Å². The Morgan fingerprint density at radius 1 is 1.19 bits per heavy atom. The zero-order valence-corrected chi connectivity index (χ0v) is 17.6. The van der Waals surface area contributed by atoms with Gasteiger partial charge < -0.3 is 19.8 Å². The molecule has 3 aliphatic heterocycles. The zero-order valence-electron chi connectivity index (χ0n) is 17.6.